The fourth-order valence-corrected chi connectivity index (χ4v) is 2.68. The maximum atomic E-state index is 12.0. The van der Waals surface area contributed by atoms with E-state index in [0.717, 1.165) is 11.4 Å². The van der Waals surface area contributed by atoms with Gasteiger partial charge in [0, 0.05) is 18.3 Å². The molecule has 4 nitrogen and oxygen atoms in total. The lowest BCUT2D eigenvalue weighted by Gasteiger charge is -2.12. The molecule has 21 heavy (non-hydrogen) atoms. The van der Waals surface area contributed by atoms with E-state index in [1.807, 2.05) is 18.2 Å². The number of carbonyl (C=O) groups excluding carboxylic acids is 1. The maximum absolute atomic E-state index is 12.0. The lowest BCUT2D eigenvalue weighted by atomic mass is 10.0. The topological polar surface area (TPSA) is 68.0 Å². The fraction of sp³-hybridized carbons (Fsp3) is 0.333. The number of rotatable bonds is 6. The van der Waals surface area contributed by atoms with Crippen molar-refractivity contribution in [3.8, 4) is 0 Å². The fourth-order valence-electron chi connectivity index (χ4n) is 1.89. The molecule has 0 saturated heterocycles. The molecule has 0 radical (unpaired) electrons. The molecule has 0 fully saturated rings. The van der Waals surface area contributed by atoms with Gasteiger partial charge >= 0.3 is 0 Å². The largest absolute Gasteiger partial charge is 0.350 e. The normalized spacial score (nSPS) is 11.5. The van der Waals surface area contributed by atoms with Crippen LogP contribution in [0.5, 0.6) is 0 Å². The minimum Gasteiger partial charge on any atom is -0.350 e. The molecule has 6 heteroatoms. The highest BCUT2D eigenvalue weighted by atomic mass is 35.5. The summed E-state index contributed by atoms with van der Waals surface area (Å²) < 4.78 is 0. The lowest BCUT2D eigenvalue weighted by molar-refractivity contribution is 0.0947. The Balaban J connectivity index is 0.00000220. The van der Waals surface area contributed by atoms with Gasteiger partial charge in [-0.15, -0.1) is 23.7 Å². The predicted octanol–water partition coefficient (Wildman–Crippen LogP) is 2.60. The summed E-state index contributed by atoms with van der Waals surface area (Å²) in [6.07, 6.45) is 0.721. The van der Waals surface area contributed by atoms with E-state index in [1.165, 1.54) is 16.9 Å². The van der Waals surface area contributed by atoms with Gasteiger partial charge in [-0.25, -0.2) is 4.98 Å². The summed E-state index contributed by atoms with van der Waals surface area (Å²) in [6, 6.07) is 10.1. The van der Waals surface area contributed by atoms with Crippen LogP contribution in [0.3, 0.4) is 0 Å². The highest BCUT2D eigenvalue weighted by Gasteiger charge is 2.12. The van der Waals surface area contributed by atoms with Gasteiger partial charge in [0.15, 0.2) is 0 Å². The number of carbonyl (C=O) groups is 1. The third-order valence-corrected chi connectivity index (χ3v) is 3.99. The molecule has 0 spiro atoms. The van der Waals surface area contributed by atoms with Gasteiger partial charge in [0.05, 0.1) is 5.01 Å². The Morgan fingerprint density at radius 2 is 2.10 bits per heavy atom. The van der Waals surface area contributed by atoms with Crippen LogP contribution in [-0.4, -0.2) is 24.0 Å². The van der Waals surface area contributed by atoms with Crippen LogP contribution < -0.4 is 11.1 Å². The Morgan fingerprint density at radius 1 is 1.38 bits per heavy atom. The summed E-state index contributed by atoms with van der Waals surface area (Å²) in [7, 11) is 0. The molecule has 1 atom stereocenters. The molecule has 114 valence electrons. The maximum Gasteiger partial charge on any atom is 0.270 e. The van der Waals surface area contributed by atoms with Crippen molar-refractivity contribution in [3.05, 3.63) is 52.0 Å². The van der Waals surface area contributed by atoms with Crippen molar-refractivity contribution in [1.29, 1.82) is 0 Å². The summed E-state index contributed by atoms with van der Waals surface area (Å²) in [5, 5.41) is 5.62. The van der Waals surface area contributed by atoms with E-state index in [9.17, 15) is 4.79 Å². The molecule has 1 heterocycles. The summed E-state index contributed by atoms with van der Waals surface area (Å²) in [5.74, 6) is 0.162. The second-order valence-electron chi connectivity index (χ2n) is 4.69. The smallest absolute Gasteiger partial charge is 0.270 e. The van der Waals surface area contributed by atoms with E-state index in [4.69, 9.17) is 5.73 Å². The molecular weight excluding hydrogens is 306 g/mol. The van der Waals surface area contributed by atoms with Gasteiger partial charge in [-0.05, 0) is 18.0 Å². The summed E-state index contributed by atoms with van der Waals surface area (Å²) in [6.45, 7) is 3.25. The number of hydrogen-bond donors (Lipinski definition) is 2. The van der Waals surface area contributed by atoms with Crippen LogP contribution >= 0.6 is 23.7 Å². The second kappa shape index (κ2) is 8.77. The van der Waals surface area contributed by atoms with E-state index in [2.05, 4.69) is 29.4 Å². The summed E-state index contributed by atoms with van der Waals surface area (Å²) in [4.78, 5) is 16.3. The second-order valence-corrected chi connectivity index (χ2v) is 5.63. The quantitative estimate of drug-likeness (QED) is 0.857. The van der Waals surface area contributed by atoms with Crippen molar-refractivity contribution < 1.29 is 4.79 Å². The molecule has 2 rings (SSSR count). The monoisotopic (exact) mass is 325 g/mol. The predicted molar refractivity (Wildman–Crippen MR) is 89.3 cm³/mol. The average Bonchev–Trinajstić information content (AvgIpc) is 2.94. The minimum absolute atomic E-state index is 0. The van der Waals surface area contributed by atoms with Gasteiger partial charge in [0.2, 0.25) is 0 Å². The van der Waals surface area contributed by atoms with Crippen LogP contribution in [0.4, 0.5) is 0 Å². The lowest BCUT2D eigenvalue weighted by Crippen LogP contribution is -2.27. The van der Waals surface area contributed by atoms with Crippen LogP contribution in [0.25, 0.3) is 0 Å². The summed E-state index contributed by atoms with van der Waals surface area (Å²) >= 11 is 1.48. The molecule has 1 aromatic carbocycles. The number of benzene rings is 1. The molecule has 0 aliphatic rings. The molecule has 0 saturated carbocycles. The van der Waals surface area contributed by atoms with E-state index in [0.29, 0.717) is 18.8 Å². The van der Waals surface area contributed by atoms with Crippen LogP contribution in [0.1, 0.15) is 33.9 Å². The zero-order valence-corrected chi connectivity index (χ0v) is 13.5. The Labute approximate surface area is 135 Å². The van der Waals surface area contributed by atoms with Crippen LogP contribution in [-0.2, 0) is 6.42 Å². The zero-order chi connectivity index (χ0) is 14.4. The number of nitrogens with zero attached hydrogens (tertiary/aromatic N) is 1. The standard InChI is InChI=1S/C15H19N3OS.ClH/c1-11(12-5-3-2-4-6-12)9-17-15(19)13-10-20-14(18-13)7-8-16;/h2-6,10-11H,7-9,16H2,1H3,(H,17,19);1H. The third-order valence-electron chi connectivity index (χ3n) is 3.08. The highest BCUT2D eigenvalue weighted by Crippen LogP contribution is 2.14. The first-order valence-corrected chi connectivity index (χ1v) is 7.56. The molecule has 0 aliphatic heterocycles. The highest BCUT2D eigenvalue weighted by molar-refractivity contribution is 7.09. The van der Waals surface area contributed by atoms with Crippen LogP contribution in [0.15, 0.2) is 35.7 Å². The van der Waals surface area contributed by atoms with Crippen molar-refractivity contribution in [2.24, 2.45) is 5.73 Å². The molecule has 1 amide bonds. The molecule has 1 aromatic heterocycles. The zero-order valence-electron chi connectivity index (χ0n) is 11.9. The number of halogens is 1. The summed E-state index contributed by atoms with van der Waals surface area (Å²) in [5.41, 5.74) is 7.18. The first kappa shape index (κ1) is 17.6. The number of nitrogens with one attached hydrogen (secondary N) is 1. The molecule has 1 unspecified atom stereocenters. The van der Waals surface area contributed by atoms with Gasteiger partial charge < -0.3 is 11.1 Å². The van der Waals surface area contributed by atoms with Crippen molar-refractivity contribution in [1.82, 2.24) is 10.3 Å². The molecule has 3 N–H and O–H groups in total. The van der Waals surface area contributed by atoms with Crippen molar-refractivity contribution in [3.63, 3.8) is 0 Å². The van der Waals surface area contributed by atoms with Gasteiger partial charge in [0.25, 0.3) is 5.91 Å². The molecule has 2 aromatic rings. The first-order chi connectivity index (χ1) is 9.70. The number of amides is 1. The molecular formula is C15H20ClN3OS. The first-order valence-electron chi connectivity index (χ1n) is 6.68. The third kappa shape index (κ3) is 5.12. The van der Waals surface area contributed by atoms with Gasteiger partial charge in [-0.2, -0.15) is 0 Å². The average molecular weight is 326 g/mol. The number of aromatic nitrogens is 1. The number of nitrogens with two attached hydrogens (primary N) is 1. The Hall–Kier alpha value is -1.43. The van der Waals surface area contributed by atoms with Crippen molar-refractivity contribution >= 4 is 29.7 Å². The van der Waals surface area contributed by atoms with Crippen LogP contribution in [0, 0.1) is 0 Å². The molecule has 0 aliphatic carbocycles. The van der Waals surface area contributed by atoms with Crippen molar-refractivity contribution in [2.75, 3.05) is 13.1 Å². The van der Waals surface area contributed by atoms with Crippen LogP contribution in [0.2, 0.25) is 0 Å². The van der Waals surface area contributed by atoms with Crippen molar-refractivity contribution in [2.45, 2.75) is 19.3 Å². The Kier molecular flexibility index (Phi) is 7.36. The number of hydrogen-bond acceptors (Lipinski definition) is 4. The van der Waals surface area contributed by atoms with Gasteiger partial charge in [-0.3, -0.25) is 4.79 Å². The molecule has 0 bridgehead atoms. The van der Waals surface area contributed by atoms with E-state index in [-0.39, 0.29) is 24.2 Å². The van der Waals surface area contributed by atoms with Gasteiger partial charge in [-0.1, -0.05) is 37.3 Å². The van der Waals surface area contributed by atoms with E-state index in [1.54, 1.807) is 5.38 Å². The number of thiazole rings is 1. The van der Waals surface area contributed by atoms with Gasteiger partial charge in [0.1, 0.15) is 5.69 Å². The Morgan fingerprint density at radius 3 is 2.76 bits per heavy atom. The minimum atomic E-state index is -0.118. The SMILES string of the molecule is CC(CNC(=O)c1csc(CCN)n1)c1ccccc1.Cl. The van der Waals surface area contributed by atoms with E-state index >= 15 is 0 Å². The Bertz CT molecular complexity index is 559. The van der Waals surface area contributed by atoms with E-state index < -0.39 is 0 Å².